The van der Waals surface area contributed by atoms with Gasteiger partial charge in [-0.2, -0.15) is 21.0 Å². The Morgan fingerprint density at radius 3 is 0.706 bits per heavy atom. The number of hydrogen-bond acceptors (Lipinski definition) is 8. The van der Waals surface area contributed by atoms with E-state index >= 15 is 0 Å². The Morgan fingerprint density at radius 2 is 0.529 bits per heavy atom. The summed E-state index contributed by atoms with van der Waals surface area (Å²) in [4.78, 5) is 44.0. The van der Waals surface area contributed by atoms with Crippen LogP contribution in [-0.4, -0.2) is 23.1 Å². The Morgan fingerprint density at radius 1 is 0.353 bits per heavy atom. The molecular formula is C26H36N4O4. The van der Waals surface area contributed by atoms with Gasteiger partial charge in [0.1, 0.15) is 23.1 Å². The Kier molecular flexibility index (Phi) is 25.0. The molecule has 0 radical (unpaired) electrons. The fraction of sp³-hybridized carbons (Fsp3) is 0.692. The first-order chi connectivity index (χ1) is 16.4. The van der Waals surface area contributed by atoms with Crippen molar-refractivity contribution in [1.82, 2.24) is 0 Å². The standard InChI is InChI=1S/2C13H18N2O2/c2*14-10-8-12(16)6-4-2-1-3-5-7-13(17)9-11-15/h2*1-9H2. The Labute approximate surface area is 203 Å². The first-order valence-corrected chi connectivity index (χ1v) is 12.0. The molecule has 34 heavy (non-hydrogen) atoms. The van der Waals surface area contributed by atoms with Crippen molar-refractivity contribution in [2.75, 3.05) is 0 Å². The van der Waals surface area contributed by atoms with E-state index in [9.17, 15) is 19.2 Å². The fourth-order valence-electron chi connectivity index (χ4n) is 3.06. The summed E-state index contributed by atoms with van der Waals surface area (Å²) in [5.41, 5.74) is 0. The topological polar surface area (TPSA) is 163 Å². The van der Waals surface area contributed by atoms with Gasteiger partial charge in [0.2, 0.25) is 0 Å². The van der Waals surface area contributed by atoms with Gasteiger partial charge in [0, 0.05) is 25.7 Å². The first kappa shape index (κ1) is 32.8. The lowest BCUT2D eigenvalue weighted by Gasteiger charge is -1.99. The summed E-state index contributed by atoms with van der Waals surface area (Å²) in [6.07, 6.45) is 11.2. The predicted molar refractivity (Wildman–Crippen MR) is 126 cm³/mol. The number of unbranched alkanes of at least 4 members (excludes halogenated alkanes) is 8. The number of hydrogen-bond donors (Lipinski definition) is 0. The van der Waals surface area contributed by atoms with Crippen molar-refractivity contribution >= 4 is 23.1 Å². The number of carbonyl (C=O) groups excluding carboxylic acids is 4. The summed E-state index contributed by atoms with van der Waals surface area (Å²) in [6, 6.07) is 7.36. The number of carbonyl (C=O) groups is 4. The molecule has 184 valence electrons. The highest BCUT2D eigenvalue weighted by Crippen LogP contribution is 2.10. The average Bonchev–Trinajstić information content (AvgIpc) is 2.79. The maximum atomic E-state index is 11.0. The summed E-state index contributed by atoms with van der Waals surface area (Å²) in [5.74, 6) is 0.0433. The zero-order chi connectivity index (χ0) is 25.9. The van der Waals surface area contributed by atoms with Crippen LogP contribution < -0.4 is 0 Å². The Bertz CT molecular complexity index is 649. The van der Waals surface area contributed by atoms with E-state index in [1.807, 2.05) is 24.3 Å². The van der Waals surface area contributed by atoms with Gasteiger partial charge in [-0.1, -0.05) is 38.5 Å². The molecule has 0 bridgehead atoms. The van der Waals surface area contributed by atoms with Gasteiger partial charge in [0.05, 0.1) is 50.0 Å². The van der Waals surface area contributed by atoms with Crippen molar-refractivity contribution in [3.05, 3.63) is 0 Å². The van der Waals surface area contributed by atoms with Crippen molar-refractivity contribution in [1.29, 1.82) is 21.0 Å². The molecule has 0 aromatic rings. The number of Topliss-reactive ketones (excluding diaryl/α,β-unsaturated/α-hetero) is 4. The van der Waals surface area contributed by atoms with Crippen LogP contribution in [0, 0.1) is 45.3 Å². The Balaban J connectivity index is 0. The van der Waals surface area contributed by atoms with Crippen LogP contribution >= 0.6 is 0 Å². The third-order valence-corrected chi connectivity index (χ3v) is 4.93. The minimum Gasteiger partial charge on any atom is -0.299 e. The Hall–Kier alpha value is -3.36. The highest BCUT2D eigenvalue weighted by Gasteiger charge is 2.03. The highest BCUT2D eigenvalue weighted by molar-refractivity contribution is 5.81. The molecule has 0 aliphatic heterocycles. The summed E-state index contributed by atoms with van der Waals surface area (Å²) < 4.78 is 0. The lowest BCUT2D eigenvalue weighted by molar-refractivity contribution is -0.119. The van der Waals surface area contributed by atoms with E-state index in [0.717, 1.165) is 64.2 Å². The van der Waals surface area contributed by atoms with E-state index in [0.29, 0.717) is 25.7 Å². The van der Waals surface area contributed by atoms with Crippen molar-refractivity contribution in [2.24, 2.45) is 0 Å². The molecule has 8 heteroatoms. The number of ketones is 4. The smallest absolute Gasteiger partial charge is 0.146 e. The average molecular weight is 469 g/mol. The number of nitrogens with zero attached hydrogens (tertiary/aromatic N) is 4. The van der Waals surface area contributed by atoms with Crippen molar-refractivity contribution in [3.63, 3.8) is 0 Å². The molecule has 0 aromatic heterocycles. The molecule has 0 heterocycles. The summed E-state index contributed by atoms with van der Waals surface area (Å²) >= 11 is 0. The molecule has 0 unspecified atom stereocenters. The van der Waals surface area contributed by atoms with Crippen LogP contribution in [0.3, 0.4) is 0 Å². The van der Waals surface area contributed by atoms with Gasteiger partial charge in [-0.15, -0.1) is 0 Å². The van der Waals surface area contributed by atoms with Crippen LogP contribution in [0.5, 0.6) is 0 Å². The normalized spacial score (nSPS) is 9.29. The van der Waals surface area contributed by atoms with Gasteiger partial charge in [-0.25, -0.2) is 0 Å². The largest absolute Gasteiger partial charge is 0.299 e. The molecule has 0 N–H and O–H groups in total. The van der Waals surface area contributed by atoms with Gasteiger partial charge >= 0.3 is 0 Å². The van der Waals surface area contributed by atoms with E-state index in [1.54, 1.807) is 0 Å². The third kappa shape index (κ3) is 26.7. The monoisotopic (exact) mass is 468 g/mol. The zero-order valence-electron chi connectivity index (χ0n) is 20.1. The van der Waals surface area contributed by atoms with Gasteiger partial charge < -0.3 is 0 Å². The van der Waals surface area contributed by atoms with Gasteiger partial charge in [-0.3, -0.25) is 19.2 Å². The third-order valence-electron chi connectivity index (χ3n) is 4.93. The first-order valence-electron chi connectivity index (χ1n) is 12.0. The van der Waals surface area contributed by atoms with Gasteiger partial charge in [-0.05, 0) is 25.7 Å². The van der Waals surface area contributed by atoms with E-state index in [2.05, 4.69) is 0 Å². The van der Waals surface area contributed by atoms with Crippen LogP contribution in [0.1, 0.15) is 116 Å². The van der Waals surface area contributed by atoms with Crippen LogP contribution in [-0.2, 0) is 19.2 Å². The molecular weight excluding hydrogens is 432 g/mol. The van der Waals surface area contributed by atoms with Gasteiger partial charge in [0.25, 0.3) is 0 Å². The summed E-state index contributed by atoms with van der Waals surface area (Å²) in [6.45, 7) is 0. The van der Waals surface area contributed by atoms with Crippen molar-refractivity contribution in [3.8, 4) is 24.3 Å². The molecule has 8 nitrogen and oxygen atoms in total. The second-order valence-corrected chi connectivity index (χ2v) is 8.03. The molecule has 0 aromatic carbocycles. The molecule has 0 aliphatic carbocycles. The van der Waals surface area contributed by atoms with Gasteiger partial charge in [0.15, 0.2) is 0 Å². The molecule has 0 aliphatic rings. The quantitative estimate of drug-likeness (QED) is 0.215. The van der Waals surface area contributed by atoms with Crippen molar-refractivity contribution in [2.45, 2.75) is 116 Å². The molecule has 0 atom stereocenters. The van der Waals surface area contributed by atoms with E-state index < -0.39 is 0 Å². The van der Waals surface area contributed by atoms with Crippen LogP contribution in [0.4, 0.5) is 0 Å². The number of nitriles is 4. The van der Waals surface area contributed by atoms with Crippen LogP contribution in [0.15, 0.2) is 0 Å². The fourth-order valence-corrected chi connectivity index (χ4v) is 3.06. The van der Waals surface area contributed by atoms with E-state index in [-0.39, 0.29) is 48.8 Å². The highest BCUT2D eigenvalue weighted by atomic mass is 16.1. The molecule has 0 fully saturated rings. The lowest BCUT2D eigenvalue weighted by Crippen LogP contribution is -1.96. The zero-order valence-corrected chi connectivity index (χ0v) is 20.1. The maximum absolute atomic E-state index is 11.0. The molecule has 0 rings (SSSR count). The molecule has 0 spiro atoms. The number of rotatable bonds is 20. The maximum Gasteiger partial charge on any atom is 0.146 e. The SMILES string of the molecule is N#CCC(=O)CCCCCCCC(=O)CC#N.N#CCC(=O)CCCCCCCC(=O)CC#N. The molecule has 0 amide bonds. The minimum atomic E-state index is 0.0108. The summed E-state index contributed by atoms with van der Waals surface area (Å²) in [7, 11) is 0. The second kappa shape index (κ2) is 25.9. The van der Waals surface area contributed by atoms with E-state index in [1.165, 1.54) is 0 Å². The summed E-state index contributed by atoms with van der Waals surface area (Å²) in [5, 5.41) is 33.1. The second-order valence-electron chi connectivity index (χ2n) is 8.03. The minimum absolute atomic E-state index is 0.0108. The molecule has 0 saturated heterocycles. The molecule has 0 saturated carbocycles. The van der Waals surface area contributed by atoms with E-state index in [4.69, 9.17) is 21.0 Å². The van der Waals surface area contributed by atoms with Crippen molar-refractivity contribution < 1.29 is 19.2 Å². The van der Waals surface area contributed by atoms with Crippen LogP contribution in [0.2, 0.25) is 0 Å². The van der Waals surface area contributed by atoms with Crippen LogP contribution in [0.25, 0.3) is 0 Å². The lowest BCUT2D eigenvalue weighted by atomic mass is 10.1. The predicted octanol–water partition coefficient (Wildman–Crippen LogP) is 5.37.